The van der Waals surface area contributed by atoms with E-state index in [1.165, 1.54) is 7.11 Å². The first-order valence-electron chi connectivity index (χ1n) is 11.1. The van der Waals surface area contributed by atoms with Gasteiger partial charge in [0.2, 0.25) is 0 Å². The van der Waals surface area contributed by atoms with Gasteiger partial charge in [0.1, 0.15) is 11.9 Å². The Balaban J connectivity index is 1.68. The summed E-state index contributed by atoms with van der Waals surface area (Å²) in [7, 11) is 4.86. The number of hydrogen-bond acceptors (Lipinski definition) is 6. The predicted molar refractivity (Wildman–Crippen MR) is 143 cm³/mol. The Hall–Kier alpha value is -3.39. The second-order valence-electron chi connectivity index (χ2n) is 7.85. The van der Waals surface area contributed by atoms with Crippen molar-refractivity contribution in [3.8, 4) is 0 Å². The Morgan fingerprint density at radius 2 is 1.75 bits per heavy atom. The van der Waals surface area contributed by atoms with E-state index in [0.717, 1.165) is 22.6 Å². The van der Waals surface area contributed by atoms with Crippen LogP contribution in [0.2, 0.25) is 10.0 Å². The lowest BCUT2D eigenvalue weighted by atomic mass is 10.1. The molecule has 188 valence electrons. The standard InChI is InChI=1S/C27H27Cl2N3O4/c1-32(25-19(17-35-2)8-6-16-30-25)20-14-12-18(13-15-20)7-4-11-23(27(34)36-3)31-26(33)24-21(28)9-5-10-22(24)29/h4-10,12-16,23H,11,17H2,1-3H3,(H,31,33)/b7-4+. The number of pyridine rings is 1. The number of amides is 1. The molecule has 0 bridgehead atoms. The molecule has 3 aromatic rings. The van der Waals surface area contributed by atoms with Crippen molar-refractivity contribution in [1.29, 1.82) is 0 Å². The van der Waals surface area contributed by atoms with Crippen LogP contribution in [0.4, 0.5) is 11.5 Å². The molecule has 1 aromatic heterocycles. The number of halogens is 2. The normalized spacial score (nSPS) is 11.8. The third-order valence-corrected chi connectivity index (χ3v) is 6.06. The second kappa shape index (κ2) is 13.1. The number of carbonyl (C=O) groups is 2. The highest BCUT2D eigenvalue weighted by molar-refractivity contribution is 6.39. The number of ether oxygens (including phenoxy) is 2. The van der Waals surface area contributed by atoms with Crippen LogP contribution in [0.5, 0.6) is 0 Å². The van der Waals surface area contributed by atoms with E-state index < -0.39 is 17.9 Å². The average Bonchev–Trinajstić information content (AvgIpc) is 2.88. The molecule has 36 heavy (non-hydrogen) atoms. The van der Waals surface area contributed by atoms with Gasteiger partial charge in [-0.05, 0) is 42.3 Å². The largest absolute Gasteiger partial charge is 0.467 e. The number of hydrogen-bond donors (Lipinski definition) is 1. The molecule has 7 nitrogen and oxygen atoms in total. The zero-order chi connectivity index (χ0) is 26.1. The monoisotopic (exact) mass is 527 g/mol. The SMILES string of the molecule is COCc1cccnc1N(C)c1ccc(/C=C/CC(NC(=O)c2c(Cl)cccc2Cl)C(=O)OC)cc1. The van der Waals surface area contributed by atoms with Crippen LogP contribution in [0, 0.1) is 0 Å². The first-order chi connectivity index (χ1) is 17.3. The van der Waals surface area contributed by atoms with Crippen LogP contribution in [0.3, 0.4) is 0 Å². The van der Waals surface area contributed by atoms with Crippen LogP contribution < -0.4 is 10.2 Å². The van der Waals surface area contributed by atoms with Gasteiger partial charge in [0, 0.05) is 31.6 Å². The zero-order valence-electron chi connectivity index (χ0n) is 20.2. The number of aromatic nitrogens is 1. The molecule has 0 spiro atoms. The fourth-order valence-corrected chi connectivity index (χ4v) is 4.14. The number of nitrogens with zero attached hydrogens (tertiary/aromatic N) is 2. The lowest BCUT2D eigenvalue weighted by molar-refractivity contribution is -0.142. The Labute approximate surface area is 220 Å². The van der Waals surface area contributed by atoms with Crippen molar-refractivity contribution < 1.29 is 19.1 Å². The van der Waals surface area contributed by atoms with E-state index in [1.54, 1.807) is 37.6 Å². The molecular weight excluding hydrogens is 501 g/mol. The average molecular weight is 528 g/mol. The van der Waals surface area contributed by atoms with Gasteiger partial charge in [-0.1, -0.05) is 59.6 Å². The van der Waals surface area contributed by atoms with Crippen LogP contribution >= 0.6 is 23.2 Å². The Bertz CT molecular complexity index is 1210. The van der Waals surface area contributed by atoms with Crippen LogP contribution in [-0.4, -0.2) is 44.2 Å². The molecule has 0 aliphatic carbocycles. The predicted octanol–water partition coefficient (Wildman–Crippen LogP) is 5.68. The van der Waals surface area contributed by atoms with Gasteiger partial charge in [-0.3, -0.25) is 4.79 Å². The summed E-state index contributed by atoms with van der Waals surface area (Å²) in [6.45, 7) is 0.467. The smallest absolute Gasteiger partial charge is 0.328 e. The van der Waals surface area contributed by atoms with E-state index in [0.29, 0.717) is 6.61 Å². The summed E-state index contributed by atoms with van der Waals surface area (Å²) in [5.74, 6) is -0.308. The summed E-state index contributed by atoms with van der Waals surface area (Å²) in [6, 6.07) is 15.6. The molecule has 0 radical (unpaired) electrons. The van der Waals surface area contributed by atoms with Crippen LogP contribution in [0.15, 0.2) is 66.9 Å². The van der Waals surface area contributed by atoms with E-state index >= 15 is 0 Å². The van der Waals surface area contributed by atoms with E-state index in [-0.39, 0.29) is 22.0 Å². The third-order valence-electron chi connectivity index (χ3n) is 5.43. The lowest BCUT2D eigenvalue weighted by Crippen LogP contribution is -2.41. The number of esters is 1. The van der Waals surface area contributed by atoms with Gasteiger partial charge in [0.15, 0.2) is 0 Å². The molecule has 1 heterocycles. The van der Waals surface area contributed by atoms with Gasteiger partial charge in [-0.15, -0.1) is 0 Å². The highest BCUT2D eigenvalue weighted by atomic mass is 35.5. The van der Waals surface area contributed by atoms with Gasteiger partial charge in [0.25, 0.3) is 5.91 Å². The summed E-state index contributed by atoms with van der Waals surface area (Å²) < 4.78 is 10.1. The van der Waals surface area contributed by atoms with Crippen molar-refractivity contribution >= 4 is 52.7 Å². The number of carbonyl (C=O) groups excluding carboxylic acids is 2. The fourth-order valence-electron chi connectivity index (χ4n) is 3.57. The molecule has 0 aliphatic rings. The molecule has 2 aromatic carbocycles. The molecule has 0 saturated carbocycles. The molecule has 1 N–H and O–H groups in total. The summed E-state index contributed by atoms with van der Waals surface area (Å²) in [5.41, 5.74) is 2.98. The molecule has 1 amide bonds. The van der Waals surface area contributed by atoms with Crippen LogP contribution in [-0.2, 0) is 20.9 Å². The first kappa shape index (κ1) is 27.2. The summed E-state index contributed by atoms with van der Waals surface area (Å²) in [5, 5.41) is 3.05. The third kappa shape index (κ3) is 6.85. The van der Waals surface area contributed by atoms with E-state index in [1.807, 2.05) is 54.4 Å². The van der Waals surface area contributed by atoms with Crippen molar-refractivity contribution in [3.05, 3.63) is 93.6 Å². The second-order valence-corrected chi connectivity index (χ2v) is 8.67. The molecule has 1 atom stereocenters. The van der Waals surface area contributed by atoms with Gasteiger partial charge in [0.05, 0.1) is 29.3 Å². The van der Waals surface area contributed by atoms with Gasteiger partial charge < -0.3 is 19.7 Å². The molecular formula is C27H27Cl2N3O4. The quantitative estimate of drug-likeness (QED) is 0.341. The highest BCUT2D eigenvalue weighted by Gasteiger charge is 2.23. The van der Waals surface area contributed by atoms with Gasteiger partial charge >= 0.3 is 5.97 Å². The lowest BCUT2D eigenvalue weighted by Gasteiger charge is -2.21. The maximum absolute atomic E-state index is 12.7. The topological polar surface area (TPSA) is 80.8 Å². The van der Waals surface area contributed by atoms with Gasteiger partial charge in [-0.25, -0.2) is 9.78 Å². The minimum atomic E-state index is -0.903. The summed E-state index contributed by atoms with van der Waals surface area (Å²) in [4.78, 5) is 31.4. The minimum Gasteiger partial charge on any atom is -0.467 e. The summed E-state index contributed by atoms with van der Waals surface area (Å²) >= 11 is 12.2. The molecule has 0 fully saturated rings. The summed E-state index contributed by atoms with van der Waals surface area (Å²) in [6.07, 6.45) is 5.63. The molecule has 3 rings (SSSR count). The van der Waals surface area contributed by atoms with Crippen molar-refractivity contribution in [3.63, 3.8) is 0 Å². The molecule has 1 unspecified atom stereocenters. The number of rotatable bonds is 10. The zero-order valence-corrected chi connectivity index (χ0v) is 21.7. The fraction of sp³-hybridized carbons (Fsp3) is 0.222. The molecule has 0 aliphatic heterocycles. The maximum atomic E-state index is 12.7. The van der Waals surface area contributed by atoms with Gasteiger partial charge in [-0.2, -0.15) is 0 Å². The van der Waals surface area contributed by atoms with Crippen LogP contribution in [0.1, 0.15) is 27.9 Å². The van der Waals surface area contributed by atoms with Crippen molar-refractivity contribution in [2.24, 2.45) is 0 Å². The number of methoxy groups -OCH3 is 2. The minimum absolute atomic E-state index is 0.111. The van der Waals surface area contributed by atoms with E-state index in [4.69, 9.17) is 32.7 Å². The van der Waals surface area contributed by atoms with Crippen molar-refractivity contribution in [2.45, 2.75) is 19.1 Å². The first-order valence-corrected chi connectivity index (χ1v) is 11.9. The van der Waals surface area contributed by atoms with E-state index in [9.17, 15) is 9.59 Å². The Kier molecular flexibility index (Phi) is 9.87. The maximum Gasteiger partial charge on any atom is 0.328 e. The molecule has 0 saturated heterocycles. The Morgan fingerprint density at radius 1 is 1.06 bits per heavy atom. The van der Waals surface area contributed by atoms with Crippen LogP contribution in [0.25, 0.3) is 6.08 Å². The Morgan fingerprint density at radius 3 is 2.39 bits per heavy atom. The highest BCUT2D eigenvalue weighted by Crippen LogP contribution is 2.26. The van der Waals surface area contributed by atoms with Crippen molar-refractivity contribution in [2.75, 3.05) is 26.2 Å². The number of benzene rings is 2. The molecule has 9 heteroatoms. The number of nitrogens with one attached hydrogen (secondary N) is 1. The van der Waals surface area contributed by atoms with E-state index in [2.05, 4.69) is 10.3 Å². The number of anilines is 2. The van der Waals surface area contributed by atoms with Crippen molar-refractivity contribution in [1.82, 2.24) is 10.3 Å².